The van der Waals surface area contributed by atoms with Gasteiger partial charge in [-0.3, -0.25) is 9.59 Å². The summed E-state index contributed by atoms with van der Waals surface area (Å²) in [5.74, 6) is -0.0621. The molecular weight excluding hydrogens is 322 g/mol. The highest BCUT2D eigenvalue weighted by molar-refractivity contribution is 7.07. The van der Waals surface area contributed by atoms with Gasteiger partial charge >= 0.3 is 0 Å². The number of ketones is 1. The molecule has 22 heavy (non-hydrogen) atoms. The highest BCUT2D eigenvalue weighted by Gasteiger charge is 2.18. The van der Waals surface area contributed by atoms with E-state index in [1.165, 1.54) is 23.5 Å². The van der Waals surface area contributed by atoms with E-state index in [-0.39, 0.29) is 22.1 Å². The Morgan fingerprint density at radius 3 is 2.64 bits per heavy atom. The summed E-state index contributed by atoms with van der Waals surface area (Å²) in [6.07, 6.45) is 3.11. The summed E-state index contributed by atoms with van der Waals surface area (Å²) >= 11 is 7.04. The number of hydrogen-bond donors (Lipinski definition) is 2. The van der Waals surface area contributed by atoms with Gasteiger partial charge < -0.3 is 10.1 Å². The fourth-order valence-corrected chi connectivity index (χ4v) is 2.70. The molecule has 0 fully saturated rings. The Kier molecular flexibility index (Phi) is 4.58. The third kappa shape index (κ3) is 3.87. The van der Waals surface area contributed by atoms with Crippen LogP contribution < -0.4 is 14.8 Å². The van der Waals surface area contributed by atoms with Crippen molar-refractivity contribution in [1.82, 2.24) is 4.98 Å². The van der Waals surface area contributed by atoms with Crippen LogP contribution in [0.2, 0.25) is 5.02 Å². The van der Waals surface area contributed by atoms with E-state index in [4.69, 9.17) is 11.6 Å². The van der Waals surface area contributed by atoms with E-state index in [0.29, 0.717) is 14.8 Å². The Labute approximate surface area is 136 Å². The van der Waals surface area contributed by atoms with Gasteiger partial charge in [-0.15, -0.1) is 11.3 Å². The van der Waals surface area contributed by atoms with Crippen molar-refractivity contribution in [2.24, 2.45) is 5.41 Å². The van der Waals surface area contributed by atoms with E-state index in [0.717, 1.165) is 0 Å². The maximum Gasteiger partial charge on any atom is 0.266 e. The maximum atomic E-state index is 12.0. The molecule has 0 saturated heterocycles. The highest BCUT2D eigenvalue weighted by Crippen LogP contribution is 2.23. The molecular formula is C16H16ClNO3S. The van der Waals surface area contributed by atoms with Crippen molar-refractivity contribution in [2.75, 3.05) is 0 Å². The number of aromatic amines is 1. The summed E-state index contributed by atoms with van der Waals surface area (Å²) in [7, 11) is 0. The van der Waals surface area contributed by atoms with Crippen molar-refractivity contribution in [3.63, 3.8) is 0 Å². The summed E-state index contributed by atoms with van der Waals surface area (Å²) in [5, 5.41) is 9.61. The molecule has 1 aromatic heterocycles. The van der Waals surface area contributed by atoms with Gasteiger partial charge in [0.2, 0.25) is 0 Å². The Balaban J connectivity index is 2.48. The van der Waals surface area contributed by atoms with Crippen LogP contribution in [0.4, 0.5) is 0 Å². The zero-order valence-corrected chi connectivity index (χ0v) is 14.0. The zero-order chi connectivity index (χ0) is 16.5. The second kappa shape index (κ2) is 6.10. The van der Waals surface area contributed by atoms with Crippen LogP contribution in [0.3, 0.4) is 0 Å². The van der Waals surface area contributed by atoms with Crippen LogP contribution in [0.15, 0.2) is 23.0 Å². The molecule has 0 spiro atoms. The molecule has 0 saturated carbocycles. The number of rotatable bonds is 2. The molecule has 0 bridgehead atoms. The van der Waals surface area contributed by atoms with Crippen LogP contribution in [0.5, 0.6) is 5.75 Å². The van der Waals surface area contributed by atoms with Crippen LogP contribution in [-0.2, 0) is 4.79 Å². The predicted octanol–water partition coefficient (Wildman–Crippen LogP) is 2.02. The number of benzene rings is 1. The summed E-state index contributed by atoms with van der Waals surface area (Å²) in [6, 6.07) is 4.69. The zero-order valence-electron chi connectivity index (χ0n) is 12.4. The number of nitrogens with one attached hydrogen (secondary N) is 1. The number of carbonyl (C=O) groups excluding carboxylic acids is 1. The quantitative estimate of drug-likeness (QED) is 0.880. The minimum absolute atomic E-state index is 0.0105. The molecule has 6 heteroatoms. The van der Waals surface area contributed by atoms with Crippen LogP contribution in [0.25, 0.3) is 12.2 Å². The van der Waals surface area contributed by atoms with Gasteiger partial charge in [0.15, 0.2) is 5.78 Å². The van der Waals surface area contributed by atoms with Crippen molar-refractivity contribution in [3.05, 3.63) is 48.3 Å². The molecule has 116 valence electrons. The SMILES string of the molecule is CC(C)(C)C(=O)/C=c1\[nH]c(=O)/c(=C/c2ccc(O)c(Cl)c2)s1. The third-order valence-corrected chi connectivity index (χ3v) is 4.22. The van der Waals surface area contributed by atoms with Crippen molar-refractivity contribution in [3.8, 4) is 5.75 Å². The number of aromatic hydroxyl groups is 1. The van der Waals surface area contributed by atoms with Crippen molar-refractivity contribution in [2.45, 2.75) is 20.8 Å². The van der Waals surface area contributed by atoms with Crippen LogP contribution in [-0.4, -0.2) is 15.9 Å². The molecule has 0 aliphatic heterocycles. The third-order valence-electron chi connectivity index (χ3n) is 2.95. The second-order valence-electron chi connectivity index (χ2n) is 5.90. The topological polar surface area (TPSA) is 70.2 Å². The number of halogens is 1. The lowest BCUT2D eigenvalue weighted by Crippen LogP contribution is -2.22. The fourth-order valence-electron chi connectivity index (χ4n) is 1.62. The minimum Gasteiger partial charge on any atom is -0.506 e. The Morgan fingerprint density at radius 1 is 1.36 bits per heavy atom. The highest BCUT2D eigenvalue weighted by atomic mass is 35.5. The number of thiazole rings is 1. The number of H-pyrrole nitrogens is 1. The molecule has 2 rings (SSSR count). The van der Waals surface area contributed by atoms with Gasteiger partial charge in [0, 0.05) is 11.5 Å². The van der Waals surface area contributed by atoms with E-state index in [1.807, 2.05) is 20.8 Å². The van der Waals surface area contributed by atoms with Gasteiger partial charge in [-0.05, 0) is 23.8 Å². The second-order valence-corrected chi connectivity index (χ2v) is 7.39. The first-order chi connectivity index (χ1) is 10.2. The standard InChI is InChI=1S/C16H16ClNO3S/c1-16(2,3)13(20)8-14-18-15(21)12(22-14)7-9-4-5-11(19)10(17)6-9/h4-8,19H,1-3H3,(H,18,21)/b12-7-,14-8+. The van der Waals surface area contributed by atoms with E-state index in [9.17, 15) is 14.7 Å². The van der Waals surface area contributed by atoms with Gasteiger partial charge in [0.1, 0.15) is 5.75 Å². The number of aromatic nitrogens is 1. The van der Waals surface area contributed by atoms with Crippen molar-refractivity contribution in [1.29, 1.82) is 0 Å². The van der Waals surface area contributed by atoms with Crippen molar-refractivity contribution < 1.29 is 9.90 Å². The smallest absolute Gasteiger partial charge is 0.266 e. The molecule has 0 radical (unpaired) electrons. The number of Topliss-reactive ketones (excluding diaryl/α,β-unsaturated/α-hetero) is 1. The molecule has 1 aromatic carbocycles. The average Bonchev–Trinajstić information content (AvgIpc) is 2.73. The monoisotopic (exact) mass is 337 g/mol. The summed E-state index contributed by atoms with van der Waals surface area (Å²) in [5.41, 5.74) is -0.0547. The van der Waals surface area contributed by atoms with Gasteiger partial charge in [0.05, 0.1) is 14.2 Å². The molecule has 0 atom stereocenters. The molecule has 0 aliphatic rings. The summed E-state index contributed by atoms with van der Waals surface area (Å²) in [6.45, 7) is 5.47. The van der Waals surface area contributed by atoms with Gasteiger partial charge in [-0.1, -0.05) is 38.4 Å². The molecule has 0 aliphatic carbocycles. The van der Waals surface area contributed by atoms with E-state index in [1.54, 1.807) is 18.2 Å². The van der Waals surface area contributed by atoms with Crippen LogP contribution in [0, 0.1) is 5.41 Å². The first-order valence-corrected chi connectivity index (χ1v) is 7.82. The average molecular weight is 338 g/mol. The van der Waals surface area contributed by atoms with Gasteiger partial charge in [-0.2, -0.15) is 0 Å². The number of phenolic OH excluding ortho intramolecular Hbond substituents is 1. The molecule has 1 heterocycles. The maximum absolute atomic E-state index is 12.0. The van der Waals surface area contributed by atoms with E-state index < -0.39 is 5.41 Å². The molecule has 4 nitrogen and oxygen atoms in total. The first-order valence-electron chi connectivity index (χ1n) is 6.62. The lowest BCUT2D eigenvalue weighted by atomic mass is 9.91. The van der Waals surface area contributed by atoms with E-state index >= 15 is 0 Å². The predicted molar refractivity (Wildman–Crippen MR) is 89.8 cm³/mol. The fraction of sp³-hybridized carbons (Fsp3) is 0.250. The minimum atomic E-state index is -0.491. The van der Waals surface area contributed by atoms with Gasteiger partial charge in [-0.25, -0.2) is 0 Å². The Bertz CT molecular complexity index is 887. The summed E-state index contributed by atoms with van der Waals surface area (Å²) < 4.78 is 0.982. The first kappa shape index (κ1) is 16.5. The number of hydrogen-bond acceptors (Lipinski definition) is 4. The molecule has 2 aromatic rings. The largest absolute Gasteiger partial charge is 0.506 e. The number of carbonyl (C=O) groups is 1. The van der Waals surface area contributed by atoms with Gasteiger partial charge in [0.25, 0.3) is 5.56 Å². The normalized spacial score (nSPS) is 13.6. The molecule has 0 unspecified atom stereocenters. The molecule has 0 amide bonds. The summed E-state index contributed by atoms with van der Waals surface area (Å²) in [4.78, 5) is 26.6. The Hall–Kier alpha value is -1.85. The lowest BCUT2D eigenvalue weighted by Gasteiger charge is -2.12. The van der Waals surface area contributed by atoms with Crippen LogP contribution >= 0.6 is 22.9 Å². The van der Waals surface area contributed by atoms with E-state index in [2.05, 4.69) is 4.98 Å². The molecule has 2 N–H and O–H groups in total. The van der Waals surface area contributed by atoms with Crippen LogP contribution in [0.1, 0.15) is 26.3 Å². The number of phenols is 1. The lowest BCUT2D eigenvalue weighted by molar-refractivity contribution is -0.119. The van der Waals surface area contributed by atoms with Crippen molar-refractivity contribution >= 4 is 40.9 Å². The Morgan fingerprint density at radius 2 is 2.05 bits per heavy atom.